The number of rotatable bonds is 4. The van der Waals surface area contributed by atoms with Gasteiger partial charge in [0.2, 0.25) is 10.0 Å². The van der Waals surface area contributed by atoms with Crippen molar-refractivity contribution in [2.24, 2.45) is 29.1 Å². The summed E-state index contributed by atoms with van der Waals surface area (Å²) in [6, 6.07) is 5.40. The predicted octanol–water partition coefficient (Wildman–Crippen LogP) is 3.84. The lowest BCUT2D eigenvalue weighted by molar-refractivity contribution is -0.190. The molecular formula is C22H30FNO4S. The van der Waals surface area contributed by atoms with Crippen molar-refractivity contribution < 1.29 is 22.3 Å². The summed E-state index contributed by atoms with van der Waals surface area (Å²) < 4.78 is 46.6. The Morgan fingerprint density at radius 2 is 1.83 bits per heavy atom. The van der Waals surface area contributed by atoms with Crippen LogP contribution in [0.25, 0.3) is 0 Å². The average molecular weight is 424 g/mol. The fraction of sp³-hybridized carbons (Fsp3) is 0.682. The molecule has 3 aliphatic carbocycles. The first kappa shape index (κ1) is 20.8. The van der Waals surface area contributed by atoms with Gasteiger partial charge in [0.15, 0.2) is 0 Å². The Morgan fingerprint density at radius 3 is 2.41 bits per heavy atom. The normalized spacial score (nSPS) is 32.4. The summed E-state index contributed by atoms with van der Waals surface area (Å²) in [5, 5.41) is 0. The molecule has 0 N–H and O–H groups in total. The van der Waals surface area contributed by atoms with Crippen LogP contribution in [0, 0.1) is 34.9 Å². The topological polar surface area (TPSA) is 63.7 Å². The van der Waals surface area contributed by atoms with E-state index in [9.17, 15) is 17.6 Å². The van der Waals surface area contributed by atoms with Gasteiger partial charge in [0, 0.05) is 13.1 Å². The van der Waals surface area contributed by atoms with Gasteiger partial charge in [-0.15, -0.1) is 0 Å². The Bertz CT molecular complexity index is 892. The Hall–Kier alpha value is -1.47. The van der Waals surface area contributed by atoms with E-state index in [0.29, 0.717) is 36.0 Å². The summed E-state index contributed by atoms with van der Waals surface area (Å²) in [4.78, 5) is 12.4. The van der Waals surface area contributed by atoms with Crippen LogP contribution >= 0.6 is 0 Å². The molecule has 1 aromatic rings. The molecule has 4 aliphatic rings. The van der Waals surface area contributed by atoms with Crippen molar-refractivity contribution in [1.82, 2.24) is 4.31 Å². The Labute approximate surface area is 172 Å². The molecule has 5 nitrogen and oxygen atoms in total. The zero-order valence-electron chi connectivity index (χ0n) is 17.3. The number of carbonyl (C=O) groups excluding carboxylic acids is 1. The molecule has 4 fully saturated rings. The number of ether oxygens (including phenoxy) is 1. The minimum absolute atomic E-state index is 0.0283. The van der Waals surface area contributed by atoms with E-state index in [1.165, 1.54) is 28.9 Å². The van der Waals surface area contributed by atoms with Gasteiger partial charge in [-0.05, 0) is 61.0 Å². The average Bonchev–Trinajstić information content (AvgIpc) is 2.69. The second-order valence-electron chi connectivity index (χ2n) is 9.54. The van der Waals surface area contributed by atoms with Crippen molar-refractivity contribution in [1.29, 1.82) is 0 Å². The third-order valence-electron chi connectivity index (χ3n) is 7.79. The van der Waals surface area contributed by atoms with Crippen LogP contribution in [-0.4, -0.2) is 37.9 Å². The number of carbonyl (C=O) groups is 1. The number of hydrogen-bond donors (Lipinski definition) is 0. The molecule has 0 amide bonds. The highest BCUT2D eigenvalue weighted by atomic mass is 32.2. The second kappa shape index (κ2) is 7.34. The van der Waals surface area contributed by atoms with Gasteiger partial charge in [0.1, 0.15) is 16.8 Å². The van der Waals surface area contributed by atoms with E-state index in [0.717, 1.165) is 12.5 Å². The SMILES string of the molecule is C[C@H]1[C@@H](OC(=O)C2CCN(S(=O)(=O)c3ccccc3F)CC2)C[C@H]2C[C@H]1C2(C)C. The maximum atomic E-state index is 14.0. The van der Waals surface area contributed by atoms with Gasteiger partial charge in [-0.2, -0.15) is 4.31 Å². The van der Waals surface area contributed by atoms with E-state index in [-0.39, 0.29) is 36.0 Å². The first-order valence-corrected chi connectivity index (χ1v) is 12.0. The second-order valence-corrected chi connectivity index (χ2v) is 11.4. The fourth-order valence-electron chi connectivity index (χ4n) is 5.63. The minimum Gasteiger partial charge on any atom is -0.462 e. The molecule has 0 aromatic heterocycles. The van der Waals surface area contributed by atoms with Crippen LogP contribution in [0.2, 0.25) is 0 Å². The predicted molar refractivity (Wildman–Crippen MR) is 107 cm³/mol. The highest BCUT2D eigenvalue weighted by Gasteiger charge is 2.57. The van der Waals surface area contributed by atoms with Crippen LogP contribution in [0.15, 0.2) is 29.2 Å². The van der Waals surface area contributed by atoms with Gasteiger partial charge in [-0.3, -0.25) is 4.79 Å². The molecule has 5 rings (SSSR count). The molecule has 1 aliphatic heterocycles. The van der Waals surface area contributed by atoms with Gasteiger partial charge in [0.25, 0.3) is 0 Å². The lowest BCUT2D eigenvalue weighted by Crippen LogP contribution is -2.57. The first-order valence-electron chi connectivity index (χ1n) is 10.6. The maximum absolute atomic E-state index is 14.0. The van der Waals surface area contributed by atoms with Gasteiger partial charge < -0.3 is 4.74 Å². The molecule has 160 valence electrons. The monoisotopic (exact) mass is 423 g/mol. The Balaban J connectivity index is 1.34. The number of hydrogen-bond acceptors (Lipinski definition) is 4. The van der Waals surface area contributed by atoms with Crippen LogP contribution in [0.1, 0.15) is 46.5 Å². The molecule has 0 radical (unpaired) electrons. The standard InChI is InChI=1S/C22H30FNO4S/c1-14-17-12-16(22(17,2)3)13-19(14)28-21(25)15-8-10-24(11-9-15)29(26,27)20-7-5-4-6-18(20)23/h4-7,14-17,19H,8-13H2,1-3H3/t14-,16-,17-,19+/m1/s1. The van der Waals surface area contributed by atoms with Crippen LogP contribution in [0.3, 0.4) is 0 Å². The molecule has 2 bridgehead atoms. The van der Waals surface area contributed by atoms with E-state index < -0.39 is 15.8 Å². The van der Waals surface area contributed by atoms with Crippen molar-refractivity contribution in [2.45, 2.75) is 57.5 Å². The Morgan fingerprint density at radius 1 is 1.17 bits per heavy atom. The quantitative estimate of drug-likeness (QED) is 0.691. The molecule has 3 saturated carbocycles. The van der Waals surface area contributed by atoms with E-state index in [1.807, 2.05) is 0 Å². The Kier molecular flexibility index (Phi) is 5.26. The van der Waals surface area contributed by atoms with E-state index in [1.54, 1.807) is 0 Å². The highest BCUT2D eigenvalue weighted by Crippen LogP contribution is 2.61. The number of piperidine rings is 1. The number of benzene rings is 1. The summed E-state index contributed by atoms with van der Waals surface area (Å²) in [5.41, 5.74) is 0.342. The van der Waals surface area contributed by atoms with Crippen molar-refractivity contribution >= 4 is 16.0 Å². The number of halogens is 1. The van der Waals surface area contributed by atoms with Crippen molar-refractivity contribution in [3.8, 4) is 0 Å². The number of esters is 1. The molecule has 4 atom stereocenters. The van der Waals surface area contributed by atoms with Gasteiger partial charge in [-0.1, -0.05) is 32.9 Å². The van der Waals surface area contributed by atoms with Crippen molar-refractivity contribution in [3.63, 3.8) is 0 Å². The molecule has 1 aromatic carbocycles. The molecular weight excluding hydrogens is 393 g/mol. The molecule has 0 unspecified atom stereocenters. The van der Waals surface area contributed by atoms with Crippen molar-refractivity contribution in [3.05, 3.63) is 30.1 Å². The summed E-state index contributed by atoms with van der Waals surface area (Å²) in [5.74, 6) is 0.341. The highest BCUT2D eigenvalue weighted by molar-refractivity contribution is 7.89. The van der Waals surface area contributed by atoms with Crippen molar-refractivity contribution in [2.75, 3.05) is 13.1 Å². The van der Waals surface area contributed by atoms with Gasteiger partial charge >= 0.3 is 5.97 Å². The zero-order chi connectivity index (χ0) is 21.0. The minimum atomic E-state index is -3.89. The van der Waals surface area contributed by atoms with E-state index in [2.05, 4.69) is 20.8 Å². The zero-order valence-corrected chi connectivity index (χ0v) is 18.1. The van der Waals surface area contributed by atoms with Gasteiger partial charge in [-0.25, -0.2) is 12.8 Å². The van der Waals surface area contributed by atoms with Gasteiger partial charge in [0.05, 0.1) is 5.92 Å². The lowest BCUT2D eigenvalue weighted by atomic mass is 9.45. The maximum Gasteiger partial charge on any atom is 0.309 e. The van der Waals surface area contributed by atoms with Crippen LogP contribution < -0.4 is 0 Å². The van der Waals surface area contributed by atoms with Crippen LogP contribution in [0.5, 0.6) is 0 Å². The molecule has 29 heavy (non-hydrogen) atoms. The number of sulfonamides is 1. The molecule has 0 spiro atoms. The molecule has 1 saturated heterocycles. The summed E-state index contributed by atoms with van der Waals surface area (Å²) >= 11 is 0. The molecule has 7 heteroatoms. The summed E-state index contributed by atoms with van der Waals surface area (Å²) in [6.07, 6.45) is 2.95. The summed E-state index contributed by atoms with van der Waals surface area (Å²) in [6.45, 7) is 7.21. The molecule has 1 heterocycles. The summed E-state index contributed by atoms with van der Waals surface area (Å²) in [7, 11) is -3.89. The van der Waals surface area contributed by atoms with Crippen LogP contribution in [0.4, 0.5) is 4.39 Å². The number of fused-ring (bicyclic) bond motifs is 2. The van der Waals surface area contributed by atoms with E-state index in [4.69, 9.17) is 4.74 Å². The lowest BCUT2D eigenvalue weighted by Gasteiger charge is -2.61. The number of nitrogens with zero attached hydrogens (tertiary/aromatic N) is 1. The first-order chi connectivity index (χ1) is 13.6. The third-order valence-corrected chi connectivity index (χ3v) is 9.73. The fourth-order valence-corrected chi connectivity index (χ4v) is 7.16. The largest absolute Gasteiger partial charge is 0.462 e. The third kappa shape index (κ3) is 3.50. The van der Waals surface area contributed by atoms with Crippen LogP contribution in [-0.2, 0) is 19.6 Å². The van der Waals surface area contributed by atoms with E-state index >= 15 is 0 Å². The smallest absolute Gasteiger partial charge is 0.309 e.